The quantitative estimate of drug-likeness (QED) is 0.534. The van der Waals surface area contributed by atoms with Gasteiger partial charge in [0.15, 0.2) is 0 Å². The highest BCUT2D eigenvalue weighted by Gasteiger charge is 2.07. The summed E-state index contributed by atoms with van der Waals surface area (Å²) >= 11 is 0. The Kier molecular flexibility index (Phi) is 4.80. The van der Waals surface area contributed by atoms with Gasteiger partial charge in [0, 0.05) is 0 Å². The fourth-order valence-electron chi connectivity index (χ4n) is 1.13. The first-order chi connectivity index (χ1) is 8.13. The summed E-state index contributed by atoms with van der Waals surface area (Å²) in [5, 5.41) is 9.60. The van der Waals surface area contributed by atoms with Crippen molar-refractivity contribution in [3.63, 3.8) is 0 Å². The second-order valence-electron chi connectivity index (χ2n) is 3.16. The van der Waals surface area contributed by atoms with Crippen molar-refractivity contribution in [3.05, 3.63) is 24.3 Å². The molecule has 1 rings (SSSR count). The molecule has 0 bridgehead atoms. The number of nitrogens with two attached hydrogens (primary N) is 1. The van der Waals surface area contributed by atoms with E-state index in [-0.39, 0.29) is 12.4 Å². The Hall–Kier alpha value is -2.24. The zero-order chi connectivity index (χ0) is 12.7. The highest BCUT2D eigenvalue weighted by molar-refractivity contribution is 5.87. The molecule has 1 aromatic carbocycles. The van der Waals surface area contributed by atoms with Crippen molar-refractivity contribution >= 4 is 17.6 Å². The Morgan fingerprint density at radius 2 is 2.18 bits per heavy atom. The van der Waals surface area contributed by atoms with Gasteiger partial charge in [0.1, 0.15) is 18.2 Å². The first-order valence-electron chi connectivity index (χ1n) is 5.12. The van der Waals surface area contributed by atoms with Gasteiger partial charge in [-0.2, -0.15) is 0 Å². The maximum Gasteiger partial charge on any atom is 0.411 e. The molecule has 6 heteroatoms. The van der Waals surface area contributed by atoms with Crippen LogP contribution in [-0.4, -0.2) is 25.1 Å². The second kappa shape index (κ2) is 6.37. The number of amidine groups is 1. The molecule has 1 amide bonds. The average molecular weight is 237 g/mol. The number of nitrogens with one attached hydrogen (secondary N) is 2. The van der Waals surface area contributed by atoms with E-state index in [2.05, 4.69) is 5.32 Å². The van der Waals surface area contributed by atoms with Crippen LogP contribution in [0.15, 0.2) is 24.3 Å². The molecule has 0 unspecified atom stereocenters. The maximum absolute atomic E-state index is 11.2. The molecule has 0 spiro atoms. The lowest BCUT2D eigenvalue weighted by atomic mass is 10.3. The standard InChI is InChI=1S/C11H15N3O3/c1-2-16-11(15)14-8-5-3-4-6-9(8)17-7-10(12)13/h3-6H,2,7H2,1H3,(H3,12,13)(H,14,15). The first-order valence-corrected chi connectivity index (χ1v) is 5.12. The maximum atomic E-state index is 11.2. The Morgan fingerprint density at radius 3 is 2.82 bits per heavy atom. The molecule has 0 aliphatic carbocycles. The number of anilines is 1. The van der Waals surface area contributed by atoms with Gasteiger partial charge >= 0.3 is 6.09 Å². The number of hydrogen-bond donors (Lipinski definition) is 3. The second-order valence-corrected chi connectivity index (χ2v) is 3.16. The van der Waals surface area contributed by atoms with Gasteiger partial charge in [-0.3, -0.25) is 10.7 Å². The fraction of sp³-hybridized carbons (Fsp3) is 0.273. The van der Waals surface area contributed by atoms with Crippen molar-refractivity contribution in [2.75, 3.05) is 18.5 Å². The molecule has 0 atom stereocenters. The number of ether oxygens (including phenoxy) is 2. The predicted molar refractivity (Wildman–Crippen MR) is 64.5 cm³/mol. The molecular weight excluding hydrogens is 222 g/mol. The molecule has 0 aromatic heterocycles. The summed E-state index contributed by atoms with van der Waals surface area (Å²) < 4.78 is 10.0. The number of para-hydroxylation sites is 2. The van der Waals surface area contributed by atoms with Gasteiger partial charge in [-0.25, -0.2) is 4.79 Å². The molecule has 0 aliphatic rings. The van der Waals surface area contributed by atoms with Crippen LogP contribution in [0.25, 0.3) is 0 Å². The zero-order valence-corrected chi connectivity index (χ0v) is 9.53. The third-order valence-electron chi connectivity index (χ3n) is 1.78. The fourth-order valence-corrected chi connectivity index (χ4v) is 1.13. The van der Waals surface area contributed by atoms with E-state index in [0.717, 1.165) is 0 Å². The van der Waals surface area contributed by atoms with E-state index in [4.69, 9.17) is 20.6 Å². The minimum Gasteiger partial charge on any atom is -0.484 e. The summed E-state index contributed by atoms with van der Waals surface area (Å²) in [6, 6.07) is 6.85. The SMILES string of the molecule is CCOC(=O)Nc1ccccc1OCC(=N)N. The first kappa shape index (κ1) is 12.8. The number of carbonyl (C=O) groups is 1. The summed E-state index contributed by atoms with van der Waals surface area (Å²) in [7, 11) is 0. The van der Waals surface area contributed by atoms with E-state index in [1.807, 2.05) is 0 Å². The Labute approximate surface area is 99.2 Å². The van der Waals surface area contributed by atoms with Crippen molar-refractivity contribution in [3.8, 4) is 5.75 Å². The predicted octanol–water partition coefficient (Wildman–Crippen LogP) is 1.57. The van der Waals surface area contributed by atoms with Crippen LogP contribution in [0.3, 0.4) is 0 Å². The summed E-state index contributed by atoms with van der Waals surface area (Å²) in [6.45, 7) is 1.99. The normalized spacial score (nSPS) is 9.47. The van der Waals surface area contributed by atoms with Gasteiger partial charge in [0.25, 0.3) is 0 Å². The van der Waals surface area contributed by atoms with Gasteiger partial charge in [-0.1, -0.05) is 12.1 Å². The van der Waals surface area contributed by atoms with Crippen LogP contribution in [0.1, 0.15) is 6.92 Å². The Bertz CT molecular complexity index is 407. The smallest absolute Gasteiger partial charge is 0.411 e. The van der Waals surface area contributed by atoms with Crippen molar-refractivity contribution in [2.24, 2.45) is 5.73 Å². The molecule has 0 aliphatic heterocycles. The summed E-state index contributed by atoms with van der Waals surface area (Å²) in [5.41, 5.74) is 5.66. The lowest BCUT2D eigenvalue weighted by Crippen LogP contribution is -2.20. The van der Waals surface area contributed by atoms with E-state index < -0.39 is 6.09 Å². The number of rotatable bonds is 5. The van der Waals surface area contributed by atoms with Gasteiger partial charge < -0.3 is 15.2 Å². The highest BCUT2D eigenvalue weighted by Crippen LogP contribution is 2.23. The van der Waals surface area contributed by atoms with Crippen LogP contribution in [0, 0.1) is 5.41 Å². The zero-order valence-electron chi connectivity index (χ0n) is 9.53. The van der Waals surface area contributed by atoms with Crippen LogP contribution in [0.2, 0.25) is 0 Å². The van der Waals surface area contributed by atoms with Crippen LogP contribution in [-0.2, 0) is 4.74 Å². The third-order valence-corrected chi connectivity index (χ3v) is 1.78. The van der Waals surface area contributed by atoms with Gasteiger partial charge in [0.2, 0.25) is 0 Å². The third kappa shape index (κ3) is 4.42. The van der Waals surface area contributed by atoms with E-state index in [0.29, 0.717) is 18.0 Å². The molecule has 0 saturated heterocycles. The van der Waals surface area contributed by atoms with Crippen LogP contribution >= 0.6 is 0 Å². The van der Waals surface area contributed by atoms with E-state index in [1.165, 1.54) is 0 Å². The largest absolute Gasteiger partial charge is 0.484 e. The molecule has 0 saturated carbocycles. The molecule has 1 aromatic rings. The average Bonchev–Trinajstić information content (AvgIpc) is 2.28. The van der Waals surface area contributed by atoms with Crippen molar-refractivity contribution in [1.29, 1.82) is 5.41 Å². The summed E-state index contributed by atoms with van der Waals surface area (Å²) in [6.07, 6.45) is -0.550. The molecule has 4 N–H and O–H groups in total. The number of amides is 1. The molecule has 0 fully saturated rings. The summed E-state index contributed by atoms with van der Waals surface area (Å²) in [5.74, 6) is 0.353. The minimum atomic E-state index is -0.550. The van der Waals surface area contributed by atoms with Crippen LogP contribution < -0.4 is 15.8 Å². The molecule has 17 heavy (non-hydrogen) atoms. The molecule has 0 radical (unpaired) electrons. The van der Waals surface area contributed by atoms with Crippen molar-refractivity contribution in [2.45, 2.75) is 6.92 Å². The van der Waals surface area contributed by atoms with Crippen molar-refractivity contribution < 1.29 is 14.3 Å². The van der Waals surface area contributed by atoms with Gasteiger partial charge in [-0.05, 0) is 19.1 Å². The van der Waals surface area contributed by atoms with Crippen LogP contribution in [0.4, 0.5) is 10.5 Å². The Morgan fingerprint density at radius 1 is 1.47 bits per heavy atom. The Balaban J connectivity index is 2.70. The molecule has 92 valence electrons. The monoisotopic (exact) mass is 237 g/mol. The van der Waals surface area contributed by atoms with E-state index >= 15 is 0 Å². The number of hydrogen-bond acceptors (Lipinski definition) is 4. The topological polar surface area (TPSA) is 97.4 Å². The molecular formula is C11H15N3O3. The van der Waals surface area contributed by atoms with Gasteiger partial charge in [-0.15, -0.1) is 0 Å². The lowest BCUT2D eigenvalue weighted by Gasteiger charge is -2.11. The van der Waals surface area contributed by atoms with E-state index in [1.54, 1.807) is 31.2 Å². The lowest BCUT2D eigenvalue weighted by molar-refractivity contribution is 0.168. The van der Waals surface area contributed by atoms with Crippen LogP contribution in [0.5, 0.6) is 5.75 Å². The van der Waals surface area contributed by atoms with Crippen molar-refractivity contribution in [1.82, 2.24) is 0 Å². The van der Waals surface area contributed by atoms with Gasteiger partial charge in [0.05, 0.1) is 12.3 Å². The summed E-state index contributed by atoms with van der Waals surface area (Å²) in [4.78, 5) is 11.2. The van der Waals surface area contributed by atoms with E-state index in [9.17, 15) is 4.79 Å². The molecule has 0 heterocycles. The number of carbonyl (C=O) groups excluding carboxylic acids is 1. The minimum absolute atomic E-state index is 0.0263. The molecule has 6 nitrogen and oxygen atoms in total. The number of benzene rings is 1. The highest BCUT2D eigenvalue weighted by atomic mass is 16.5.